The molecule has 0 amide bonds. The molecule has 0 radical (unpaired) electrons. The van der Waals surface area contributed by atoms with E-state index in [2.05, 4.69) is 84.1 Å². The molecular formula is C25H26N3S+. The zero-order valence-electron chi connectivity index (χ0n) is 16.7. The van der Waals surface area contributed by atoms with Crippen molar-refractivity contribution in [3.63, 3.8) is 0 Å². The van der Waals surface area contributed by atoms with Gasteiger partial charge < -0.3 is 4.90 Å². The predicted octanol–water partition coefficient (Wildman–Crippen LogP) is 3.71. The minimum atomic E-state index is 0.451. The van der Waals surface area contributed by atoms with Crippen molar-refractivity contribution < 1.29 is 4.90 Å². The van der Waals surface area contributed by atoms with Crippen LogP contribution < -0.4 is 4.90 Å². The summed E-state index contributed by atoms with van der Waals surface area (Å²) < 4.78 is 0. The lowest BCUT2D eigenvalue weighted by Crippen LogP contribution is -3.14. The van der Waals surface area contributed by atoms with E-state index in [0.717, 1.165) is 31.7 Å². The molecule has 0 unspecified atom stereocenters. The van der Waals surface area contributed by atoms with Crippen LogP contribution in [-0.2, 0) is 0 Å². The van der Waals surface area contributed by atoms with Gasteiger partial charge in [0.2, 0.25) is 0 Å². The van der Waals surface area contributed by atoms with Gasteiger partial charge in [-0.25, -0.2) is 0 Å². The van der Waals surface area contributed by atoms with Crippen LogP contribution in [-0.4, -0.2) is 43.7 Å². The summed E-state index contributed by atoms with van der Waals surface area (Å²) in [6.07, 6.45) is 4.10. The van der Waals surface area contributed by atoms with Gasteiger partial charge in [-0.1, -0.05) is 60.7 Å². The van der Waals surface area contributed by atoms with Crippen LogP contribution in [0.3, 0.4) is 0 Å². The molecule has 0 aromatic heterocycles. The molecule has 5 rings (SSSR count). The second-order valence-corrected chi connectivity index (χ2v) is 8.62. The monoisotopic (exact) mass is 400 g/mol. The van der Waals surface area contributed by atoms with E-state index < -0.39 is 0 Å². The fourth-order valence-electron chi connectivity index (χ4n) is 4.62. The number of rotatable bonds is 4. The fraction of sp³-hybridized carbons (Fsp3) is 0.240. The van der Waals surface area contributed by atoms with Crippen molar-refractivity contribution in [2.45, 2.75) is 10.9 Å². The smallest absolute Gasteiger partial charge is 0.140 e. The van der Waals surface area contributed by atoms with Crippen LogP contribution in [0.1, 0.15) is 22.7 Å². The highest BCUT2D eigenvalue weighted by Crippen LogP contribution is 2.41. The Labute approximate surface area is 177 Å². The molecule has 0 bridgehead atoms. The van der Waals surface area contributed by atoms with E-state index in [1.165, 1.54) is 27.1 Å². The van der Waals surface area contributed by atoms with Crippen LogP contribution >= 0.6 is 11.8 Å². The van der Waals surface area contributed by atoms with Crippen molar-refractivity contribution in [3.8, 4) is 11.1 Å². The summed E-state index contributed by atoms with van der Waals surface area (Å²) in [6, 6.07) is 26.9. The van der Waals surface area contributed by atoms with Gasteiger partial charge in [-0.3, -0.25) is 5.01 Å². The van der Waals surface area contributed by atoms with Gasteiger partial charge in [0.15, 0.2) is 0 Å². The summed E-state index contributed by atoms with van der Waals surface area (Å²) in [5.74, 6) is 0. The summed E-state index contributed by atoms with van der Waals surface area (Å²) in [7, 11) is 0. The molecule has 3 nitrogen and oxygen atoms in total. The molecule has 1 aliphatic heterocycles. The highest BCUT2D eigenvalue weighted by molar-refractivity contribution is 7.98. The maximum atomic E-state index is 4.75. The Hall–Kier alpha value is -2.56. The largest absolute Gasteiger partial charge is 0.322 e. The van der Waals surface area contributed by atoms with Gasteiger partial charge >= 0.3 is 0 Å². The van der Waals surface area contributed by atoms with Crippen molar-refractivity contribution in [3.05, 3.63) is 89.5 Å². The average molecular weight is 401 g/mol. The number of nitrogens with zero attached hydrogens (tertiary/aromatic N) is 2. The van der Waals surface area contributed by atoms with Gasteiger partial charge in [0, 0.05) is 16.0 Å². The molecule has 146 valence electrons. The normalized spacial score (nSPS) is 16.9. The number of fused-ring (bicyclic) bond motifs is 3. The lowest BCUT2D eigenvalue weighted by Gasteiger charge is -2.34. The number of hydrogen-bond acceptors (Lipinski definition) is 3. The van der Waals surface area contributed by atoms with Crippen LogP contribution in [0.2, 0.25) is 0 Å². The summed E-state index contributed by atoms with van der Waals surface area (Å²) in [5, 5.41) is 6.97. The van der Waals surface area contributed by atoms with Gasteiger partial charge in [-0.15, -0.1) is 11.8 Å². The molecule has 1 N–H and O–H groups in total. The molecule has 0 spiro atoms. The van der Waals surface area contributed by atoms with Crippen LogP contribution in [0.25, 0.3) is 11.1 Å². The van der Waals surface area contributed by atoms with Crippen molar-refractivity contribution in [1.29, 1.82) is 0 Å². The van der Waals surface area contributed by atoms with Gasteiger partial charge in [0.25, 0.3) is 0 Å². The molecule has 3 aromatic carbocycles. The quantitative estimate of drug-likeness (QED) is 0.532. The Morgan fingerprint density at radius 2 is 1.45 bits per heavy atom. The first kappa shape index (κ1) is 18.5. The number of quaternary nitrogens is 1. The molecule has 2 aliphatic rings. The van der Waals surface area contributed by atoms with E-state index in [-0.39, 0.29) is 0 Å². The third kappa shape index (κ3) is 3.59. The number of nitrogens with one attached hydrogen (secondary N) is 1. The molecular weight excluding hydrogens is 374 g/mol. The van der Waals surface area contributed by atoms with Gasteiger partial charge in [0.05, 0.1) is 32.4 Å². The lowest BCUT2D eigenvalue weighted by molar-refractivity contribution is -0.929. The highest BCUT2D eigenvalue weighted by atomic mass is 32.2. The molecule has 0 saturated carbocycles. The minimum absolute atomic E-state index is 0.451. The van der Waals surface area contributed by atoms with Gasteiger partial charge in [-0.05, 0) is 35.1 Å². The first-order chi connectivity index (χ1) is 14.3. The Morgan fingerprint density at radius 3 is 2.03 bits per heavy atom. The summed E-state index contributed by atoms with van der Waals surface area (Å²) >= 11 is 1.77. The third-order valence-corrected chi connectivity index (χ3v) is 6.85. The average Bonchev–Trinajstić information content (AvgIpc) is 3.13. The number of thioether (sulfide) groups is 1. The van der Waals surface area contributed by atoms with Gasteiger partial charge in [-0.2, -0.15) is 5.10 Å². The van der Waals surface area contributed by atoms with Crippen LogP contribution in [0.4, 0.5) is 0 Å². The zero-order chi connectivity index (χ0) is 19.6. The van der Waals surface area contributed by atoms with E-state index in [4.69, 9.17) is 5.10 Å². The van der Waals surface area contributed by atoms with Crippen molar-refractivity contribution in [2.75, 3.05) is 32.4 Å². The maximum absolute atomic E-state index is 4.75. The van der Waals surface area contributed by atoms with Gasteiger partial charge in [0.1, 0.15) is 6.04 Å². The summed E-state index contributed by atoms with van der Waals surface area (Å²) in [5.41, 5.74) is 6.95. The zero-order valence-corrected chi connectivity index (χ0v) is 17.5. The molecule has 29 heavy (non-hydrogen) atoms. The molecule has 0 atom stereocenters. The maximum Gasteiger partial charge on any atom is 0.140 e. The molecule has 1 fully saturated rings. The Kier molecular flexibility index (Phi) is 5.13. The summed E-state index contributed by atoms with van der Waals surface area (Å²) in [6.45, 7) is 4.21. The van der Waals surface area contributed by atoms with E-state index in [0.29, 0.717) is 6.04 Å². The highest BCUT2D eigenvalue weighted by Gasteiger charge is 2.37. The Morgan fingerprint density at radius 1 is 0.862 bits per heavy atom. The number of piperazine rings is 1. The standard InChI is InChI=1S/C25H25N3S/c1-29-20-12-10-19(11-13-20)18-26-28-16-14-27(15-17-28)25-23-8-4-2-6-21(23)22-7-3-5-9-24(22)25/h2-13,18,25H,14-17H2,1H3/p+1. The van der Waals surface area contributed by atoms with Crippen molar-refractivity contribution in [1.82, 2.24) is 5.01 Å². The van der Waals surface area contributed by atoms with Crippen LogP contribution in [0, 0.1) is 0 Å². The molecule has 1 heterocycles. The molecule has 3 aromatic rings. The van der Waals surface area contributed by atoms with Crippen LogP contribution in [0.15, 0.2) is 82.8 Å². The van der Waals surface area contributed by atoms with E-state index in [1.54, 1.807) is 16.7 Å². The number of hydrogen-bond donors (Lipinski definition) is 1. The molecule has 4 heteroatoms. The molecule has 1 saturated heterocycles. The van der Waals surface area contributed by atoms with Crippen LogP contribution in [0.5, 0.6) is 0 Å². The second kappa shape index (κ2) is 8.05. The second-order valence-electron chi connectivity index (χ2n) is 7.74. The predicted molar refractivity (Wildman–Crippen MR) is 122 cm³/mol. The SMILES string of the molecule is CSc1ccc(C=NN2CC[NH+](C3c4ccccc4-c4ccccc43)CC2)cc1. The lowest BCUT2D eigenvalue weighted by atomic mass is 10.0. The number of benzene rings is 3. The van der Waals surface area contributed by atoms with E-state index in [9.17, 15) is 0 Å². The Bertz CT molecular complexity index is 975. The first-order valence-electron chi connectivity index (χ1n) is 10.3. The first-order valence-corrected chi connectivity index (χ1v) is 11.5. The number of hydrazone groups is 1. The van der Waals surface area contributed by atoms with Crippen molar-refractivity contribution in [2.24, 2.45) is 5.10 Å². The third-order valence-electron chi connectivity index (χ3n) is 6.11. The topological polar surface area (TPSA) is 20.0 Å². The van der Waals surface area contributed by atoms with Crippen molar-refractivity contribution >= 4 is 18.0 Å². The summed E-state index contributed by atoms with van der Waals surface area (Å²) in [4.78, 5) is 2.94. The molecule has 1 aliphatic carbocycles. The Balaban J connectivity index is 1.29. The van der Waals surface area contributed by atoms with E-state index in [1.807, 2.05) is 6.21 Å². The minimum Gasteiger partial charge on any atom is -0.322 e. The van der Waals surface area contributed by atoms with E-state index >= 15 is 0 Å². The fourth-order valence-corrected chi connectivity index (χ4v) is 5.03.